The van der Waals surface area contributed by atoms with Gasteiger partial charge in [0.05, 0.1) is 6.26 Å². The van der Waals surface area contributed by atoms with E-state index in [9.17, 15) is 8.42 Å². The fourth-order valence-electron chi connectivity index (χ4n) is 1.97. The van der Waals surface area contributed by atoms with E-state index >= 15 is 0 Å². The average Bonchev–Trinajstić information content (AvgIpc) is 2.34. The maximum atomic E-state index is 10.9. The van der Waals surface area contributed by atoms with Crippen molar-refractivity contribution >= 4 is 10.0 Å². The van der Waals surface area contributed by atoms with E-state index in [0.717, 1.165) is 25.7 Å². The quantitative estimate of drug-likeness (QED) is 0.774. The smallest absolute Gasteiger partial charge is 0.209 e. The summed E-state index contributed by atoms with van der Waals surface area (Å²) in [5.41, 5.74) is 5.76. The van der Waals surface area contributed by atoms with Crippen molar-refractivity contribution in [2.24, 2.45) is 5.73 Å². The van der Waals surface area contributed by atoms with E-state index in [1.807, 2.05) is 36.4 Å². The molecule has 0 heterocycles. The molecule has 0 unspecified atom stereocenters. The second kappa shape index (κ2) is 9.59. The standard InChI is InChI=1S/C7H16N2O2S.C6H6.Ru/c1-12(10,11)9-7-5-3-2-4-6(7)8;1-2-4-6-5-3-1;/h6-7,9H,2-5,8H2,1H3;1-6H;/t6-,7-;;/m0../s1. The molecule has 0 aromatic heterocycles. The number of benzene rings is 1. The Bertz CT molecular complexity index is 399. The van der Waals surface area contributed by atoms with E-state index in [1.54, 1.807) is 0 Å². The zero-order valence-corrected chi connectivity index (χ0v) is 13.7. The van der Waals surface area contributed by atoms with E-state index in [2.05, 4.69) is 4.72 Å². The SMILES string of the molecule is CS(=O)(=O)N[C@H]1CCCC[C@@H]1N.[Ru].c1ccccc1. The zero-order valence-electron chi connectivity index (χ0n) is 11.1. The first kappa shape index (κ1) is 18.7. The van der Waals surface area contributed by atoms with E-state index in [0.29, 0.717) is 0 Å². The number of nitrogens with one attached hydrogen (secondary N) is 1. The molecule has 1 aliphatic rings. The molecule has 0 aliphatic heterocycles. The molecule has 0 radical (unpaired) electrons. The van der Waals surface area contributed by atoms with Crippen LogP contribution in [0.3, 0.4) is 0 Å². The monoisotopic (exact) mass is 372 g/mol. The van der Waals surface area contributed by atoms with Crippen molar-refractivity contribution in [2.75, 3.05) is 6.26 Å². The molecule has 0 spiro atoms. The van der Waals surface area contributed by atoms with Crippen molar-refractivity contribution in [1.29, 1.82) is 0 Å². The summed E-state index contributed by atoms with van der Waals surface area (Å²) >= 11 is 0. The van der Waals surface area contributed by atoms with Crippen LogP contribution in [0.5, 0.6) is 0 Å². The van der Waals surface area contributed by atoms with Crippen LogP contribution in [0.1, 0.15) is 25.7 Å². The first-order valence-electron chi connectivity index (χ1n) is 6.22. The largest absolute Gasteiger partial charge is 0.326 e. The maximum absolute atomic E-state index is 10.9. The van der Waals surface area contributed by atoms with Crippen LogP contribution in [0.4, 0.5) is 0 Å². The average molecular weight is 371 g/mol. The molecule has 1 aliphatic carbocycles. The summed E-state index contributed by atoms with van der Waals surface area (Å²) in [7, 11) is -3.09. The molecule has 1 aromatic carbocycles. The van der Waals surface area contributed by atoms with Crippen molar-refractivity contribution in [3.05, 3.63) is 36.4 Å². The molecule has 6 heteroatoms. The van der Waals surface area contributed by atoms with Crippen LogP contribution in [0.15, 0.2) is 36.4 Å². The molecule has 1 saturated carbocycles. The Kier molecular flexibility index (Phi) is 9.45. The van der Waals surface area contributed by atoms with Crippen LogP contribution in [0, 0.1) is 0 Å². The van der Waals surface area contributed by atoms with Gasteiger partial charge in [0.25, 0.3) is 0 Å². The Morgan fingerprint density at radius 1 is 1.00 bits per heavy atom. The van der Waals surface area contributed by atoms with Crippen LogP contribution in [0.2, 0.25) is 0 Å². The number of rotatable bonds is 2. The summed E-state index contributed by atoms with van der Waals surface area (Å²) in [5, 5.41) is 0. The van der Waals surface area contributed by atoms with Crippen molar-refractivity contribution in [2.45, 2.75) is 37.8 Å². The summed E-state index contributed by atoms with van der Waals surface area (Å²) < 4.78 is 24.3. The predicted molar refractivity (Wildman–Crippen MR) is 74.7 cm³/mol. The minimum Gasteiger partial charge on any atom is -0.326 e. The van der Waals surface area contributed by atoms with Crippen molar-refractivity contribution in [1.82, 2.24) is 4.72 Å². The van der Waals surface area contributed by atoms with Gasteiger partial charge in [-0.15, -0.1) is 0 Å². The van der Waals surface area contributed by atoms with Gasteiger partial charge in [0.15, 0.2) is 0 Å². The summed E-state index contributed by atoms with van der Waals surface area (Å²) in [6.07, 6.45) is 5.15. The van der Waals surface area contributed by atoms with Gasteiger partial charge in [-0.3, -0.25) is 0 Å². The minimum atomic E-state index is -3.09. The number of hydrogen-bond donors (Lipinski definition) is 2. The third-order valence-corrected chi connectivity index (χ3v) is 3.58. The Hall–Kier alpha value is -0.287. The van der Waals surface area contributed by atoms with Gasteiger partial charge in [-0.05, 0) is 12.8 Å². The third-order valence-electron chi connectivity index (χ3n) is 2.85. The second-order valence-corrected chi connectivity index (χ2v) is 6.38. The summed E-state index contributed by atoms with van der Waals surface area (Å²) in [6, 6.07) is 11.9. The van der Waals surface area contributed by atoms with Gasteiger partial charge in [-0.2, -0.15) is 0 Å². The van der Waals surface area contributed by atoms with E-state index in [-0.39, 0.29) is 31.6 Å². The predicted octanol–water partition coefficient (Wildman–Crippen LogP) is 1.49. The van der Waals surface area contributed by atoms with E-state index in [4.69, 9.17) is 5.73 Å². The molecule has 19 heavy (non-hydrogen) atoms. The van der Waals surface area contributed by atoms with E-state index in [1.165, 1.54) is 6.26 Å². The van der Waals surface area contributed by atoms with Crippen molar-refractivity contribution < 1.29 is 27.9 Å². The van der Waals surface area contributed by atoms with Crippen molar-refractivity contribution in [3.8, 4) is 0 Å². The first-order valence-corrected chi connectivity index (χ1v) is 8.11. The van der Waals surface area contributed by atoms with Gasteiger partial charge in [0, 0.05) is 31.6 Å². The normalized spacial score (nSPS) is 22.6. The zero-order chi connectivity index (χ0) is 13.4. The Balaban J connectivity index is 0.000000392. The Morgan fingerprint density at radius 3 is 1.79 bits per heavy atom. The summed E-state index contributed by atoms with van der Waals surface area (Å²) in [4.78, 5) is 0. The summed E-state index contributed by atoms with van der Waals surface area (Å²) in [6.45, 7) is 0. The van der Waals surface area contributed by atoms with Gasteiger partial charge in [-0.1, -0.05) is 49.2 Å². The molecule has 0 bridgehead atoms. The molecule has 2 rings (SSSR count). The molecule has 1 aromatic rings. The molecule has 1 fully saturated rings. The fraction of sp³-hybridized carbons (Fsp3) is 0.538. The Morgan fingerprint density at radius 2 is 1.42 bits per heavy atom. The molecular formula is C13H22N2O2RuS. The van der Waals surface area contributed by atoms with Gasteiger partial charge >= 0.3 is 0 Å². The van der Waals surface area contributed by atoms with Crippen LogP contribution >= 0.6 is 0 Å². The van der Waals surface area contributed by atoms with Gasteiger partial charge < -0.3 is 5.73 Å². The van der Waals surface area contributed by atoms with Crippen LogP contribution in [0.25, 0.3) is 0 Å². The Labute approximate surface area is 129 Å². The molecule has 4 nitrogen and oxygen atoms in total. The molecule has 3 N–H and O–H groups in total. The third kappa shape index (κ3) is 9.28. The number of hydrogen-bond acceptors (Lipinski definition) is 3. The maximum Gasteiger partial charge on any atom is 0.209 e. The number of nitrogens with two attached hydrogens (primary N) is 1. The second-order valence-electron chi connectivity index (χ2n) is 4.60. The van der Waals surface area contributed by atoms with Crippen LogP contribution in [-0.4, -0.2) is 26.8 Å². The van der Waals surface area contributed by atoms with E-state index < -0.39 is 10.0 Å². The summed E-state index contributed by atoms with van der Waals surface area (Å²) in [5.74, 6) is 0. The molecular weight excluding hydrogens is 349 g/mol. The topological polar surface area (TPSA) is 72.2 Å². The van der Waals surface area contributed by atoms with Gasteiger partial charge in [0.1, 0.15) is 0 Å². The van der Waals surface area contributed by atoms with Crippen molar-refractivity contribution in [3.63, 3.8) is 0 Å². The van der Waals surface area contributed by atoms with Crippen LogP contribution < -0.4 is 10.5 Å². The minimum absolute atomic E-state index is 0. The van der Waals surface area contributed by atoms with Gasteiger partial charge in [-0.25, -0.2) is 13.1 Å². The molecule has 110 valence electrons. The number of sulfonamides is 1. The fourth-order valence-corrected chi connectivity index (χ4v) is 2.81. The van der Waals surface area contributed by atoms with Crippen LogP contribution in [-0.2, 0) is 29.5 Å². The first-order chi connectivity index (χ1) is 8.49. The van der Waals surface area contributed by atoms with Gasteiger partial charge in [0.2, 0.25) is 10.0 Å². The molecule has 0 saturated heterocycles. The molecule has 2 atom stereocenters. The molecule has 0 amide bonds.